The maximum atomic E-state index is 13.6. The number of hydrogen-bond donors (Lipinski definition) is 2. The van der Waals surface area contributed by atoms with Crippen LogP contribution in [0.5, 0.6) is 5.75 Å². The molecule has 1 aliphatic heterocycles. The number of halogens is 1. The third-order valence-corrected chi connectivity index (χ3v) is 3.79. The average Bonchev–Trinajstić information content (AvgIpc) is 2.42. The van der Waals surface area contributed by atoms with Crippen LogP contribution < -0.4 is 10.5 Å². The van der Waals surface area contributed by atoms with Crippen LogP contribution >= 0.6 is 0 Å². The summed E-state index contributed by atoms with van der Waals surface area (Å²) in [6.07, 6.45) is 1.34. The topological polar surface area (TPSA) is 58.7 Å². The minimum atomic E-state index is -0.721. The molecule has 1 fully saturated rings. The number of rotatable bonds is 4. The molecule has 106 valence electrons. The van der Waals surface area contributed by atoms with Crippen molar-refractivity contribution in [2.75, 3.05) is 26.7 Å². The third kappa shape index (κ3) is 3.43. The van der Waals surface area contributed by atoms with E-state index in [1.807, 2.05) is 6.07 Å². The van der Waals surface area contributed by atoms with Gasteiger partial charge in [0, 0.05) is 26.2 Å². The zero-order valence-corrected chi connectivity index (χ0v) is 11.2. The van der Waals surface area contributed by atoms with Crippen molar-refractivity contribution in [2.24, 2.45) is 5.73 Å². The van der Waals surface area contributed by atoms with Gasteiger partial charge in [-0.3, -0.25) is 4.90 Å². The van der Waals surface area contributed by atoms with Gasteiger partial charge < -0.3 is 15.6 Å². The van der Waals surface area contributed by atoms with Crippen LogP contribution in [0.15, 0.2) is 18.2 Å². The molecule has 4 nitrogen and oxygen atoms in total. The predicted octanol–water partition coefficient (Wildman–Crippen LogP) is 1.12. The summed E-state index contributed by atoms with van der Waals surface area (Å²) < 4.78 is 18.5. The summed E-state index contributed by atoms with van der Waals surface area (Å²) in [6.45, 7) is 2.54. The van der Waals surface area contributed by atoms with Crippen molar-refractivity contribution in [1.29, 1.82) is 0 Å². The first-order valence-corrected chi connectivity index (χ1v) is 6.53. The van der Waals surface area contributed by atoms with E-state index in [-0.39, 0.29) is 11.6 Å². The largest absolute Gasteiger partial charge is 0.494 e. The Morgan fingerprint density at radius 1 is 1.42 bits per heavy atom. The Morgan fingerprint density at radius 3 is 2.63 bits per heavy atom. The number of nitrogens with two attached hydrogens (primary N) is 1. The minimum absolute atomic E-state index is 0.264. The maximum Gasteiger partial charge on any atom is 0.165 e. The fourth-order valence-corrected chi connectivity index (χ4v) is 2.40. The van der Waals surface area contributed by atoms with Gasteiger partial charge in [-0.05, 0) is 30.5 Å². The molecule has 0 aromatic heterocycles. The number of nitrogens with zero attached hydrogens (tertiary/aromatic N) is 1. The standard InChI is InChI=1S/C14H21FN2O2/c1-19-13-3-2-11(8-12(13)15)9-17-6-4-14(18,10-16)5-7-17/h2-3,8,18H,4-7,9-10,16H2,1H3. The summed E-state index contributed by atoms with van der Waals surface area (Å²) in [5, 5.41) is 10.0. The second-order valence-corrected chi connectivity index (χ2v) is 5.17. The van der Waals surface area contributed by atoms with Crippen LogP contribution in [0.1, 0.15) is 18.4 Å². The van der Waals surface area contributed by atoms with Crippen molar-refractivity contribution in [1.82, 2.24) is 4.90 Å². The third-order valence-electron chi connectivity index (χ3n) is 3.79. The van der Waals surface area contributed by atoms with E-state index < -0.39 is 5.60 Å². The van der Waals surface area contributed by atoms with Gasteiger partial charge in [0.15, 0.2) is 11.6 Å². The Balaban J connectivity index is 1.94. The van der Waals surface area contributed by atoms with Crippen LogP contribution in [0.3, 0.4) is 0 Å². The molecule has 0 saturated carbocycles. The number of likely N-dealkylation sites (tertiary alicyclic amines) is 1. The van der Waals surface area contributed by atoms with Crippen molar-refractivity contribution in [2.45, 2.75) is 25.0 Å². The van der Waals surface area contributed by atoms with Gasteiger partial charge in [-0.1, -0.05) is 6.07 Å². The summed E-state index contributed by atoms with van der Waals surface area (Å²) >= 11 is 0. The lowest BCUT2D eigenvalue weighted by Gasteiger charge is -2.37. The Hall–Kier alpha value is -1.17. The van der Waals surface area contributed by atoms with Crippen molar-refractivity contribution in [3.63, 3.8) is 0 Å². The quantitative estimate of drug-likeness (QED) is 0.859. The van der Waals surface area contributed by atoms with Gasteiger partial charge in [-0.15, -0.1) is 0 Å². The van der Waals surface area contributed by atoms with Crippen LogP contribution in [0, 0.1) is 5.82 Å². The molecule has 0 radical (unpaired) electrons. The lowest BCUT2D eigenvalue weighted by atomic mass is 9.91. The molecule has 1 aliphatic rings. The van der Waals surface area contributed by atoms with Gasteiger partial charge in [0.2, 0.25) is 0 Å². The zero-order valence-electron chi connectivity index (χ0n) is 11.2. The number of methoxy groups -OCH3 is 1. The number of benzene rings is 1. The SMILES string of the molecule is COc1ccc(CN2CCC(O)(CN)CC2)cc1F. The van der Waals surface area contributed by atoms with E-state index in [9.17, 15) is 9.50 Å². The first-order valence-electron chi connectivity index (χ1n) is 6.53. The van der Waals surface area contributed by atoms with E-state index in [0.717, 1.165) is 18.7 Å². The first kappa shape index (κ1) is 14.2. The molecule has 0 unspecified atom stereocenters. The highest BCUT2D eigenvalue weighted by atomic mass is 19.1. The summed E-state index contributed by atoms with van der Waals surface area (Å²) in [5.74, 6) is -0.0737. The monoisotopic (exact) mass is 268 g/mol. The van der Waals surface area contributed by atoms with E-state index in [4.69, 9.17) is 10.5 Å². The average molecular weight is 268 g/mol. The van der Waals surface area contributed by atoms with Crippen molar-refractivity contribution >= 4 is 0 Å². The van der Waals surface area contributed by atoms with Gasteiger partial charge >= 0.3 is 0 Å². The zero-order chi connectivity index (χ0) is 13.9. The molecule has 1 aromatic rings. The molecule has 0 bridgehead atoms. The minimum Gasteiger partial charge on any atom is -0.494 e. The van der Waals surface area contributed by atoms with Gasteiger partial charge in [-0.2, -0.15) is 0 Å². The van der Waals surface area contributed by atoms with Crippen molar-refractivity contribution in [3.8, 4) is 5.75 Å². The van der Waals surface area contributed by atoms with Crippen LogP contribution in [0.2, 0.25) is 0 Å². The summed E-state index contributed by atoms with van der Waals surface area (Å²) in [6, 6.07) is 5.01. The van der Waals surface area contributed by atoms with Crippen LogP contribution in [-0.2, 0) is 6.54 Å². The van der Waals surface area contributed by atoms with Crippen LogP contribution in [0.25, 0.3) is 0 Å². The number of piperidine rings is 1. The van der Waals surface area contributed by atoms with Gasteiger partial charge in [0.05, 0.1) is 12.7 Å². The van der Waals surface area contributed by atoms with Crippen LogP contribution in [0.4, 0.5) is 4.39 Å². The predicted molar refractivity (Wildman–Crippen MR) is 71.5 cm³/mol. The molecule has 3 N–H and O–H groups in total. The first-order chi connectivity index (χ1) is 9.06. The highest BCUT2D eigenvalue weighted by molar-refractivity contribution is 5.29. The normalized spacial score (nSPS) is 19.4. The van der Waals surface area contributed by atoms with E-state index in [1.54, 1.807) is 6.07 Å². The van der Waals surface area contributed by atoms with E-state index in [0.29, 0.717) is 25.9 Å². The van der Waals surface area contributed by atoms with Gasteiger partial charge in [-0.25, -0.2) is 4.39 Å². The van der Waals surface area contributed by atoms with E-state index in [1.165, 1.54) is 13.2 Å². The lowest BCUT2D eigenvalue weighted by Crippen LogP contribution is -2.48. The summed E-state index contributed by atoms with van der Waals surface area (Å²) in [5.41, 5.74) is 5.75. The molecule has 0 aliphatic carbocycles. The van der Waals surface area contributed by atoms with E-state index >= 15 is 0 Å². The Morgan fingerprint density at radius 2 is 2.11 bits per heavy atom. The molecule has 0 spiro atoms. The molecule has 0 amide bonds. The highest BCUT2D eigenvalue weighted by Crippen LogP contribution is 2.23. The molecule has 0 atom stereocenters. The number of hydrogen-bond acceptors (Lipinski definition) is 4. The molecular weight excluding hydrogens is 247 g/mol. The molecule has 1 aromatic carbocycles. The Bertz CT molecular complexity index is 431. The molecular formula is C14H21FN2O2. The number of ether oxygens (including phenoxy) is 1. The molecule has 5 heteroatoms. The smallest absolute Gasteiger partial charge is 0.165 e. The van der Waals surface area contributed by atoms with Gasteiger partial charge in [0.25, 0.3) is 0 Å². The summed E-state index contributed by atoms with van der Waals surface area (Å²) in [7, 11) is 1.45. The Kier molecular flexibility index (Phi) is 4.39. The molecule has 19 heavy (non-hydrogen) atoms. The molecule has 1 heterocycles. The fourth-order valence-electron chi connectivity index (χ4n) is 2.40. The lowest BCUT2D eigenvalue weighted by molar-refractivity contribution is -0.0153. The fraction of sp³-hybridized carbons (Fsp3) is 0.571. The molecule has 1 saturated heterocycles. The Labute approximate surface area is 113 Å². The second-order valence-electron chi connectivity index (χ2n) is 5.17. The van der Waals surface area contributed by atoms with Gasteiger partial charge in [0.1, 0.15) is 0 Å². The second kappa shape index (κ2) is 5.86. The number of aliphatic hydroxyl groups is 1. The summed E-state index contributed by atoms with van der Waals surface area (Å²) in [4.78, 5) is 2.20. The highest BCUT2D eigenvalue weighted by Gasteiger charge is 2.30. The van der Waals surface area contributed by atoms with Crippen molar-refractivity contribution in [3.05, 3.63) is 29.6 Å². The van der Waals surface area contributed by atoms with Crippen LogP contribution in [-0.4, -0.2) is 42.4 Å². The molecule has 2 rings (SSSR count). The maximum absolute atomic E-state index is 13.6. The van der Waals surface area contributed by atoms with Crippen molar-refractivity contribution < 1.29 is 14.2 Å². The van der Waals surface area contributed by atoms with E-state index in [2.05, 4.69) is 4.90 Å².